The summed E-state index contributed by atoms with van der Waals surface area (Å²) in [7, 11) is -2.23. The highest BCUT2D eigenvalue weighted by Crippen LogP contribution is 2.30. The van der Waals surface area contributed by atoms with Crippen molar-refractivity contribution in [1.29, 1.82) is 0 Å². The Kier molecular flexibility index (Phi) is 6.06. The van der Waals surface area contributed by atoms with Gasteiger partial charge in [-0.2, -0.15) is 22.6 Å². The van der Waals surface area contributed by atoms with Crippen molar-refractivity contribution in [1.82, 2.24) is 23.6 Å². The number of piperazine rings is 1. The second-order valence-electron chi connectivity index (χ2n) is 8.18. The fraction of sp³-hybridized carbons (Fsp3) is 0.364. The lowest BCUT2D eigenvalue weighted by molar-refractivity contribution is -0.137. The number of carbonyl (C=O) groups is 1. The zero-order chi connectivity index (χ0) is 24.8. The average molecular weight is 496 g/mol. The molecule has 0 saturated carbocycles. The summed E-state index contributed by atoms with van der Waals surface area (Å²) < 4.78 is 68.9. The Hall–Kier alpha value is -3.12. The van der Waals surface area contributed by atoms with E-state index >= 15 is 0 Å². The van der Waals surface area contributed by atoms with Gasteiger partial charge in [0.15, 0.2) is 0 Å². The first-order chi connectivity index (χ1) is 15.9. The van der Waals surface area contributed by atoms with E-state index in [1.54, 1.807) is 16.6 Å². The predicted octanol–water partition coefficient (Wildman–Crippen LogP) is 2.99. The molecule has 3 heterocycles. The molecule has 34 heavy (non-hydrogen) atoms. The lowest BCUT2D eigenvalue weighted by Gasteiger charge is -2.34. The Morgan fingerprint density at radius 1 is 0.941 bits per heavy atom. The number of carbonyl (C=O) groups excluding carboxylic acids is 1. The molecule has 1 saturated heterocycles. The molecule has 3 aromatic rings. The van der Waals surface area contributed by atoms with E-state index in [9.17, 15) is 26.4 Å². The number of sulfonamides is 1. The van der Waals surface area contributed by atoms with E-state index < -0.39 is 21.8 Å². The maximum absolute atomic E-state index is 13.3. The number of hydrogen-bond donors (Lipinski definition) is 0. The minimum Gasteiger partial charge on any atom is -0.336 e. The van der Waals surface area contributed by atoms with Crippen molar-refractivity contribution < 1.29 is 26.4 Å². The maximum atomic E-state index is 13.3. The lowest BCUT2D eigenvalue weighted by atomic mass is 10.2. The maximum Gasteiger partial charge on any atom is 0.416 e. The zero-order valence-corrected chi connectivity index (χ0v) is 19.7. The van der Waals surface area contributed by atoms with Crippen molar-refractivity contribution in [3.63, 3.8) is 0 Å². The summed E-state index contributed by atoms with van der Waals surface area (Å²) in [6, 6.07) is 7.31. The molecule has 0 unspecified atom stereocenters. The molecule has 0 N–H and O–H groups in total. The molecule has 12 heteroatoms. The van der Waals surface area contributed by atoms with Crippen LogP contribution in [0.15, 0.2) is 47.5 Å². The molecule has 182 valence electrons. The fourth-order valence-electron chi connectivity index (χ4n) is 4.12. The summed E-state index contributed by atoms with van der Waals surface area (Å²) in [6.07, 6.45) is -3.04. The highest BCUT2D eigenvalue weighted by molar-refractivity contribution is 7.89. The van der Waals surface area contributed by atoms with Gasteiger partial charge >= 0.3 is 6.18 Å². The molecule has 0 atom stereocenters. The largest absolute Gasteiger partial charge is 0.416 e. The summed E-state index contributed by atoms with van der Waals surface area (Å²) in [5, 5.41) is 4.25. The van der Waals surface area contributed by atoms with E-state index in [-0.39, 0.29) is 37.0 Å². The quantitative estimate of drug-likeness (QED) is 0.558. The van der Waals surface area contributed by atoms with Crippen LogP contribution in [0.1, 0.15) is 27.3 Å². The molecule has 4 rings (SSSR count). The van der Waals surface area contributed by atoms with Crippen LogP contribution in [-0.4, -0.2) is 64.1 Å². The van der Waals surface area contributed by atoms with E-state index in [0.29, 0.717) is 11.4 Å². The van der Waals surface area contributed by atoms with E-state index in [1.807, 2.05) is 30.5 Å². The van der Waals surface area contributed by atoms with Crippen molar-refractivity contribution in [3.05, 3.63) is 65.1 Å². The van der Waals surface area contributed by atoms with Crippen LogP contribution in [0.25, 0.3) is 5.82 Å². The average Bonchev–Trinajstić information content (AvgIpc) is 3.33. The van der Waals surface area contributed by atoms with Crippen LogP contribution in [0.5, 0.6) is 0 Å². The molecule has 0 bridgehead atoms. The summed E-state index contributed by atoms with van der Waals surface area (Å²) in [6.45, 7) is 4.23. The molecule has 8 nitrogen and oxygen atoms in total. The van der Waals surface area contributed by atoms with Crippen molar-refractivity contribution in [3.8, 4) is 5.82 Å². The van der Waals surface area contributed by atoms with Gasteiger partial charge in [-0.25, -0.2) is 8.42 Å². The topological polar surface area (TPSA) is 80.4 Å². The van der Waals surface area contributed by atoms with Crippen molar-refractivity contribution >= 4 is 15.9 Å². The zero-order valence-electron chi connectivity index (χ0n) is 18.9. The molecule has 2 aromatic heterocycles. The lowest BCUT2D eigenvalue weighted by Crippen LogP contribution is -2.50. The summed E-state index contributed by atoms with van der Waals surface area (Å²) >= 11 is 0. The smallest absolute Gasteiger partial charge is 0.336 e. The number of hydrogen-bond acceptors (Lipinski definition) is 4. The number of halogens is 3. The van der Waals surface area contributed by atoms with E-state index in [2.05, 4.69) is 5.10 Å². The Morgan fingerprint density at radius 2 is 1.50 bits per heavy atom. The SMILES string of the molecule is Cc1ccc(C)n1-c1c(C(=O)N2CCN(S(=O)(=O)c3ccc(C(F)(F)F)cc3)CC2)cnn1C. The number of nitrogens with zero attached hydrogens (tertiary/aromatic N) is 5. The van der Waals surface area contributed by atoms with E-state index in [4.69, 9.17) is 0 Å². The van der Waals surface area contributed by atoms with Gasteiger partial charge in [-0.3, -0.25) is 9.48 Å². The standard InChI is InChI=1S/C22H24F3N5O3S/c1-15-4-5-16(2)30(15)20-19(14-26-27(20)3)21(31)28-10-12-29(13-11-28)34(32,33)18-8-6-17(7-9-18)22(23,24)25/h4-9,14H,10-13H2,1-3H3. The normalized spacial score (nSPS) is 15.6. The van der Waals surface area contributed by atoms with Gasteiger partial charge in [0.2, 0.25) is 10.0 Å². The summed E-state index contributed by atoms with van der Waals surface area (Å²) in [5.41, 5.74) is 1.39. The molecule has 1 fully saturated rings. The van der Waals surface area contributed by atoms with Crippen molar-refractivity contribution in [2.24, 2.45) is 7.05 Å². The Morgan fingerprint density at radius 3 is 2.03 bits per heavy atom. The van der Waals surface area contributed by atoms with Gasteiger partial charge in [-0.15, -0.1) is 0 Å². The Balaban J connectivity index is 1.50. The first-order valence-corrected chi connectivity index (χ1v) is 12.0. The van der Waals surface area contributed by atoms with Gasteiger partial charge in [0.1, 0.15) is 11.4 Å². The van der Waals surface area contributed by atoms with Crippen LogP contribution >= 0.6 is 0 Å². The number of alkyl halides is 3. The number of aryl methyl sites for hydroxylation is 3. The van der Waals surface area contributed by atoms with Crippen LogP contribution in [0.2, 0.25) is 0 Å². The summed E-state index contributed by atoms with van der Waals surface area (Å²) in [4.78, 5) is 14.6. The van der Waals surface area contributed by atoms with Gasteiger partial charge in [0, 0.05) is 44.6 Å². The molecular weight excluding hydrogens is 471 g/mol. The molecule has 1 aliphatic heterocycles. The highest BCUT2D eigenvalue weighted by atomic mass is 32.2. The first kappa shape index (κ1) is 24.0. The van der Waals surface area contributed by atoms with Crippen LogP contribution in [0.3, 0.4) is 0 Å². The molecular formula is C22H24F3N5O3S. The van der Waals surface area contributed by atoms with Crippen LogP contribution in [0, 0.1) is 13.8 Å². The molecule has 1 aliphatic rings. The number of aromatic nitrogens is 3. The minimum atomic E-state index is -4.54. The second kappa shape index (κ2) is 8.58. The van der Waals surface area contributed by atoms with Crippen molar-refractivity contribution in [2.75, 3.05) is 26.2 Å². The third-order valence-electron chi connectivity index (χ3n) is 5.97. The van der Waals surface area contributed by atoms with Gasteiger partial charge in [0.05, 0.1) is 16.7 Å². The van der Waals surface area contributed by atoms with Crippen LogP contribution in [0.4, 0.5) is 13.2 Å². The van der Waals surface area contributed by atoms with E-state index in [0.717, 1.165) is 35.7 Å². The molecule has 1 amide bonds. The van der Waals surface area contributed by atoms with Crippen LogP contribution in [-0.2, 0) is 23.2 Å². The third-order valence-corrected chi connectivity index (χ3v) is 7.88. The van der Waals surface area contributed by atoms with Gasteiger partial charge < -0.3 is 9.47 Å². The van der Waals surface area contributed by atoms with Crippen molar-refractivity contribution in [2.45, 2.75) is 24.9 Å². The monoisotopic (exact) mass is 495 g/mol. The third kappa shape index (κ3) is 4.23. The summed E-state index contributed by atoms with van der Waals surface area (Å²) in [5.74, 6) is 0.368. The number of benzene rings is 1. The highest BCUT2D eigenvalue weighted by Gasteiger charge is 2.34. The van der Waals surface area contributed by atoms with Gasteiger partial charge in [-0.05, 0) is 50.2 Å². The number of rotatable bonds is 4. The van der Waals surface area contributed by atoms with Gasteiger partial charge in [-0.1, -0.05) is 0 Å². The molecule has 0 spiro atoms. The van der Waals surface area contributed by atoms with Crippen LogP contribution < -0.4 is 0 Å². The van der Waals surface area contributed by atoms with Gasteiger partial charge in [0.25, 0.3) is 5.91 Å². The fourth-order valence-corrected chi connectivity index (χ4v) is 5.54. The predicted molar refractivity (Wildman–Crippen MR) is 118 cm³/mol. The second-order valence-corrected chi connectivity index (χ2v) is 10.1. The molecule has 1 aromatic carbocycles. The minimum absolute atomic E-state index is 0.0340. The Bertz CT molecular complexity index is 1300. The molecule has 0 aliphatic carbocycles. The Labute approximate surface area is 195 Å². The first-order valence-electron chi connectivity index (χ1n) is 10.6. The molecule has 0 radical (unpaired) electrons. The van der Waals surface area contributed by atoms with E-state index in [1.165, 1.54) is 10.5 Å². The number of amides is 1.